The molecule has 1 aromatic heterocycles. The molecule has 1 aromatic rings. The van der Waals surface area contributed by atoms with Gasteiger partial charge in [-0.2, -0.15) is 0 Å². The quantitative estimate of drug-likeness (QED) is 0.780. The molecule has 2 aliphatic heterocycles. The SMILES string of the molecule is Cc1cccc(=O)n1CCC(=O)N1CCCC[C@H]1CCN1CCCC1=O. The van der Waals surface area contributed by atoms with E-state index in [9.17, 15) is 14.4 Å². The Morgan fingerprint density at radius 1 is 1.12 bits per heavy atom. The largest absolute Gasteiger partial charge is 0.343 e. The second-order valence-corrected chi connectivity index (χ2v) is 7.42. The predicted octanol–water partition coefficient (Wildman–Crippen LogP) is 1.94. The maximum Gasteiger partial charge on any atom is 0.250 e. The number of likely N-dealkylation sites (tertiary alicyclic amines) is 2. The van der Waals surface area contributed by atoms with Gasteiger partial charge in [-0.3, -0.25) is 14.4 Å². The molecule has 0 N–H and O–H groups in total. The molecule has 2 amide bonds. The van der Waals surface area contributed by atoms with Gasteiger partial charge in [0.15, 0.2) is 0 Å². The standard InChI is InChI=1S/C20H29N3O3/c1-16-6-4-8-19(25)22(16)15-11-20(26)23-13-3-2-7-17(23)10-14-21-12-5-9-18(21)24/h4,6,8,17H,2-3,5,7,9-15H2,1H3/t17-/m0/s1. The molecule has 0 radical (unpaired) electrons. The van der Waals surface area contributed by atoms with Gasteiger partial charge in [0.25, 0.3) is 5.56 Å². The zero-order valence-corrected chi connectivity index (χ0v) is 15.7. The molecule has 3 heterocycles. The fourth-order valence-corrected chi connectivity index (χ4v) is 4.14. The van der Waals surface area contributed by atoms with Crippen molar-refractivity contribution in [2.75, 3.05) is 19.6 Å². The van der Waals surface area contributed by atoms with Crippen LogP contribution in [0.2, 0.25) is 0 Å². The highest BCUT2D eigenvalue weighted by atomic mass is 16.2. The van der Waals surface area contributed by atoms with Gasteiger partial charge < -0.3 is 14.4 Å². The van der Waals surface area contributed by atoms with Crippen molar-refractivity contribution >= 4 is 11.8 Å². The highest BCUT2D eigenvalue weighted by Crippen LogP contribution is 2.22. The summed E-state index contributed by atoms with van der Waals surface area (Å²) in [6, 6.07) is 5.39. The fraction of sp³-hybridized carbons (Fsp3) is 0.650. The lowest BCUT2D eigenvalue weighted by atomic mass is 9.98. The summed E-state index contributed by atoms with van der Waals surface area (Å²) in [4.78, 5) is 40.5. The minimum absolute atomic E-state index is 0.0551. The summed E-state index contributed by atoms with van der Waals surface area (Å²) in [7, 11) is 0. The molecule has 142 valence electrons. The number of pyridine rings is 1. The van der Waals surface area contributed by atoms with E-state index in [0.717, 1.165) is 57.4 Å². The Morgan fingerprint density at radius 2 is 1.96 bits per heavy atom. The average Bonchev–Trinajstić information content (AvgIpc) is 3.04. The molecule has 0 saturated carbocycles. The number of nitrogens with zero attached hydrogens (tertiary/aromatic N) is 3. The molecule has 3 rings (SSSR count). The van der Waals surface area contributed by atoms with E-state index >= 15 is 0 Å². The minimum Gasteiger partial charge on any atom is -0.343 e. The van der Waals surface area contributed by atoms with Crippen LogP contribution in [0.5, 0.6) is 0 Å². The van der Waals surface area contributed by atoms with Crippen LogP contribution in [0.1, 0.15) is 50.6 Å². The van der Waals surface area contributed by atoms with Gasteiger partial charge in [-0.05, 0) is 45.1 Å². The van der Waals surface area contributed by atoms with E-state index in [1.54, 1.807) is 10.6 Å². The molecular weight excluding hydrogens is 330 g/mol. The van der Waals surface area contributed by atoms with Crippen molar-refractivity contribution in [1.82, 2.24) is 14.4 Å². The Morgan fingerprint density at radius 3 is 2.69 bits per heavy atom. The number of hydrogen-bond acceptors (Lipinski definition) is 3. The number of amides is 2. The average molecular weight is 359 g/mol. The highest BCUT2D eigenvalue weighted by molar-refractivity contribution is 5.78. The maximum atomic E-state index is 12.8. The summed E-state index contributed by atoms with van der Waals surface area (Å²) in [6.07, 6.45) is 6.02. The van der Waals surface area contributed by atoms with Crippen molar-refractivity contribution in [2.24, 2.45) is 0 Å². The highest BCUT2D eigenvalue weighted by Gasteiger charge is 2.28. The summed E-state index contributed by atoms with van der Waals surface area (Å²) >= 11 is 0. The molecule has 26 heavy (non-hydrogen) atoms. The monoisotopic (exact) mass is 359 g/mol. The molecule has 6 heteroatoms. The van der Waals surface area contributed by atoms with E-state index in [2.05, 4.69) is 0 Å². The lowest BCUT2D eigenvalue weighted by molar-refractivity contribution is -0.135. The molecule has 1 atom stereocenters. The van der Waals surface area contributed by atoms with Crippen LogP contribution in [0.4, 0.5) is 0 Å². The first-order valence-electron chi connectivity index (χ1n) is 9.80. The number of carbonyl (C=O) groups excluding carboxylic acids is 2. The Kier molecular flexibility index (Phi) is 6.12. The molecule has 0 aliphatic carbocycles. The molecule has 6 nitrogen and oxygen atoms in total. The van der Waals surface area contributed by atoms with Crippen molar-refractivity contribution in [3.63, 3.8) is 0 Å². The topological polar surface area (TPSA) is 62.6 Å². The summed E-state index contributed by atoms with van der Waals surface area (Å²) in [5.41, 5.74) is 0.827. The zero-order valence-electron chi connectivity index (χ0n) is 15.7. The van der Waals surface area contributed by atoms with Gasteiger partial charge in [0.1, 0.15) is 0 Å². The lowest BCUT2D eigenvalue weighted by Crippen LogP contribution is -2.45. The number of carbonyl (C=O) groups is 2. The van der Waals surface area contributed by atoms with Gasteiger partial charge in [-0.15, -0.1) is 0 Å². The molecule has 0 spiro atoms. The normalized spacial score (nSPS) is 20.7. The van der Waals surface area contributed by atoms with Crippen molar-refractivity contribution in [2.45, 2.75) is 64.5 Å². The third-order valence-electron chi connectivity index (χ3n) is 5.67. The first-order valence-corrected chi connectivity index (χ1v) is 9.80. The second kappa shape index (κ2) is 8.52. The molecule has 2 fully saturated rings. The summed E-state index contributed by atoms with van der Waals surface area (Å²) < 4.78 is 1.67. The summed E-state index contributed by atoms with van der Waals surface area (Å²) in [5, 5.41) is 0. The van der Waals surface area contributed by atoms with Gasteiger partial charge in [0, 0.05) is 56.8 Å². The lowest BCUT2D eigenvalue weighted by Gasteiger charge is -2.37. The van der Waals surface area contributed by atoms with E-state index in [0.29, 0.717) is 19.4 Å². The van der Waals surface area contributed by atoms with Crippen LogP contribution in [0.25, 0.3) is 0 Å². The van der Waals surface area contributed by atoms with Crippen molar-refractivity contribution in [3.05, 3.63) is 34.2 Å². The van der Waals surface area contributed by atoms with Crippen LogP contribution >= 0.6 is 0 Å². The maximum absolute atomic E-state index is 12.8. The van der Waals surface area contributed by atoms with Crippen molar-refractivity contribution in [1.29, 1.82) is 0 Å². The second-order valence-electron chi connectivity index (χ2n) is 7.42. The number of aromatic nitrogens is 1. The fourth-order valence-electron chi connectivity index (χ4n) is 4.14. The summed E-state index contributed by atoms with van der Waals surface area (Å²) in [5.74, 6) is 0.371. The Labute approximate surface area is 154 Å². The van der Waals surface area contributed by atoms with Crippen LogP contribution in [-0.2, 0) is 16.1 Å². The summed E-state index contributed by atoms with van der Waals surface area (Å²) in [6.45, 7) is 4.72. The van der Waals surface area contributed by atoms with E-state index < -0.39 is 0 Å². The van der Waals surface area contributed by atoms with Gasteiger partial charge in [-0.25, -0.2) is 0 Å². The Balaban J connectivity index is 1.57. The van der Waals surface area contributed by atoms with E-state index in [-0.39, 0.29) is 23.4 Å². The van der Waals surface area contributed by atoms with Gasteiger partial charge >= 0.3 is 0 Å². The molecule has 0 unspecified atom stereocenters. The molecule has 0 aromatic carbocycles. The zero-order chi connectivity index (χ0) is 18.5. The number of piperidine rings is 1. The molecule has 0 bridgehead atoms. The van der Waals surface area contributed by atoms with Crippen LogP contribution in [-0.4, -0.2) is 51.9 Å². The van der Waals surface area contributed by atoms with Gasteiger partial charge in [-0.1, -0.05) is 6.07 Å². The first-order chi connectivity index (χ1) is 12.6. The van der Waals surface area contributed by atoms with Crippen LogP contribution in [0, 0.1) is 6.92 Å². The minimum atomic E-state index is -0.0551. The first kappa shape index (κ1) is 18.7. The number of aryl methyl sites for hydroxylation is 1. The van der Waals surface area contributed by atoms with Crippen molar-refractivity contribution in [3.8, 4) is 0 Å². The Hall–Kier alpha value is -2.11. The van der Waals surface area contributed by atoms with E-state index in [4.69, 9.17) is 0 Å². The number of hydrogen-bond donors (Lipinski definition) is 0. The van der Waals surface area contributed by atoms with Crippen LogP contribution in [0.15, 0.2) is 23.0 Å². The number of rotatable bonds is 6. The van der Waals surface area contributed by atoms with Gasteiger partial charge in [0.2, 0.25) is 11.8 Å². The van der Waals surface area contributed by atoms with Crippen LogP contribution in [0.3, 0.4) is 0 Å². The predicted molar refractivity (Wildman–Crippen MR) is 99.8 cm³/mol. The van der Waals surface area contributed by atoms with Gasteiger partial charge in [0.05, 0.1) is 0 Å². The third-order valence-corrected chi connectivity index (χ3v) is 5.67. The smallest absolute Gasteiger partial charge is 0.250 e. The Bertz CT molecular complexity index is 712. The third kappa shape index (κ3) is 4.34. The molecule has 2 aliphatic rings. The van der Waals surface area contributed by atoms with Crippen molar-refractivity contribution < 1.29 is 9.59 Å². The van der Waals surface area contributed by atoms with Crippen LogP contribution < -0.4 is 5.56 Å². The van der Waals surface area contributed by atoms with E-state index in [1.165, 1.54) is 6.07 Å². The molecule has 2 saturated heterocycles. The van der Waals surface area contributed by atoms with E-state index in [1.807, 2.05) is 22.8 Å². The molecular formula is C20H29N3O3.